The molecule has 0 saturated carbocycles. The highest BCUT2D eigenvalue weighted by molar-refractivity contribution is 5.79. The topological polar surface area (TPSA) is 45.7 Å². The summed E-state index contributed by atoms with van der Waals surface area (Å²) in [6.45, 7) is 10.7. The third-order valence-corrected chi connectivity index (χ3v) is 2.05. The maximum atomic E-state index is 5.28. The summed E-state index contributed by atoms with van der Waals surface area (Å²) in [6, 6.07) is 0. The van der Waals surface area contributed by atoms with Crippen LogP contribution in [0.5, 0.6) is 0 Å². The number of aliphatic imine (C=N–C) groups is 1. The van der Waals surface area contributed by atoms with Crippen molar-refractivity contribution in [1.82, 2.24) is 10.6 Å². The van der Waals surface area contributed by atoms with Crippen molar-refractivity contribution in [2.75, 3.05) is 32.8 Å². The second-order valence-corrected chi connectivity index (χ2v) is 3.59. The second kappa shape index (κ2) is 12.3. The summed E-state index contributed by atoms with van der Waals surface area (Å²) in [5.41, 5.74) is 0. The van der Waals surface area contributed by atoms with E-state index >= 15 is 0 Å². The van der Waals surface area contributed by atoms with E-state index in [1.165, 1.54) is 0 Å². The molecule has 0 rings (SSSR count). The highest BCUT2D eigenvalue weighted by Gasteiger charge is 1.95. The maximum Gasteiger partial charge on any atom is 0.191 e. The van der Waals surface area contributed by atoms with Gasteiger partial charge < -0.3 is 15.4 Å². The second-order valence-electron chi connectivity index (χ2n) is 3.59. The molecular formula is C12H27N3O. The van der Waals surface area contributed by atoms with E-state index < -0.39 is 0 Å². The molecule has 96 valence electrons. The molecule has 0 amide bonds. The first-order valence-electron chi connectivity index (χ1n) is 6.45. The lowest BCUT2D eigenvalue weighted by atomic mass is 10.3. The molecule has 4 nitrogen and oxygen atoms in total. The Bertz CT molecular complexity index is 172. The van der Waals surface area contributed by atoms with Crippen molar-refractivity contribution in [3.05, 3.63) is 0 Å². The monoisotopic (exact) mass is 229 g/mol. The molecule has 0 fully saturated rings. The number of guanidine groups is 1. The van der Waals surface area contributed by atoms with Gasteiger partial charge in [-0.3, -0.25) is 4.99 Å². The molecular weight excluding hydrogens is 202 g/mol. The Kier molecular flexibility index (Phi) is 11.7. The van der Waals surface area contributed by atoms with E-state index in [0.29, 0.717) is 0 Å². The van der Waals surface area contributed by atoms with E-state index in [0.717, 1.165) is 58.1 Å². The van der Waals surface area contributed by atoms with Crippen LogP contribution >= 0.6 is 0 Å². The molecule has 0 heterocycles. The molecule has 0 aromatic rings. The molecule has 2 N–H and O–H groups in total. The number of nitrogens with one attached hydrogen (secondary N) is 2. The van der Waals surface area contributed by atoms with Crippen molar-refractivity contribution >= 4 is 5.96 Å². The van der Waals surface area contributed by atoms with Crippen LogP contribution < -0.4 is 10.6 Å². The molecule has 0 aliphatic rings. The van der Waals surface area contributed by atoms with Crippen LogP contribution in [0.4, 0.5) is 0 Å². The largest absolute Gasteiger partial charge is 0.382 e. The molecule has 0 spiro atoms. The third-order valence-electron chi connectivity index (χ3n) is 2.05. The van der Waals surface area contributed by atoms with Gasteiger partial charge in [-0.2, -0.15) is 0 Å². The van der Waals surface area contributed by atoms with E-state index in [4.69, 9.17) is 4.74 Å². The molecule has 0 aliphatic heterocycles. The minimum absolute atomic E-state index is 0.814. The Morgan fingerprint density at radius 1 is 1.12 bits per heavy atom. The van der Waals surface area contributed by atoms with Crippen LogP contribution in [0.25, 0.3) is 0 Å². The summed E-state index contributed by atoms with van der Waals surface area (Å²) in [4.78, 5) is 4.43. The number of unbranched alkanes of at least 4 members (excludes halogenated alkanes) is 1. The van der Waals surface area contributed by atoms with Gasteiger partial charge in [0.05, 0.1) is 0 Å². The van der Waals surface area contributed by atoms with Crippen molar-refractivity contribution in [2.24, 2.45) is 4.99 Å². The van der Waals surface area contributed by atoms with Crippen LogP contribution in [-0.2, 0) is 4.74 Å². The predicted molar refractivity (Wildman–Crippen MR) is 70.0 cm³/mol. The first-order valence-corrected chi connectivity index (χ1v) is 6.45. The Morgan fingerprint density at radius 2 is 1.94 bits per heavy atom. The molecule has 0 aliphatic carbocycles. The van der Waals surface area contributed by atoms with Gasteiger partial charge in [0.2, 0.25) is 0 Å². The molecule has 0 aromatic carbocycles. The van der Waals surface area contributed by atoms with Crippen LogP contribution in [0.15, 0.2) is 4.99 Å². The first kappa shape index (κ1) is 15.2. The van der Waals surface area contributed by atoms with E-state index in [9.17, 15) is 0 Å². The summed E-state index contributed by atoms with van der Waals surface area (Å²) >= 11 is 0. The number of hydrogen-bond acceptors (Lipinski definition) is 2. The molecule has 0 unspecified atom stereocenters. The van der Waals surface area contributed by atoms with Crippen molar-refractivity contribution in [3.8, 4) is 0 Å². The quantitative estimate of drug-likeness (QED) is 0.360. The zero-order valence-corrected chi connectivity index (χ0v) is 11.0. The SMILES string of the molecule is CCCN=C(NCC)NCCCCOCC. The number of hydrogen-bond donors (Lipinski definition) is 2. The lowest BCUT2D eigenvalue weighted by Crippen LogP contribution is -2.37. The van der Waals surface area contributed by atoms with Gasteiger partial charge in [-0.15, -0.1) is 0 Å². The van der Waals surface area contributed by atoms with Gasteiger partial charge >= 0.3 is 0 Å². The van der Waals surface area contributed by atoms with Gasteiger partial charge in [-0.25, -0.2) is 0 Å². The summed E-state index contributed by atoms with van der Waals surface area (Å²) in [5.74, 6) is 0.931. The first-order chi connectivity index (χ1) is 7.85. The average molecular weight is 229 g/mol. The summed E-state index contributed by atoms with van der Waals surface area (Å²) in [7, 11) is 0. The Balaban J connectivity index is 3.51. The third kappa shape index (κ3) is 9.77. The fourth-order valence-electron chi connectivity index (χ4n) is 1.25. The van der Waals surface area contributed by atoms with Gasteiger partial charge in [0, 0.05) is 32.8 Å². The van der Waals surface area contributed by atoms with Crippen LogP contribution in [0.1, 0.15) is 40.0 Å². The summed E-state index contributed by atoms with van der Waals surface area (Å²) in [6.07, 6.45) is 3.31. The number of rotatable bonds is 9. The predicted octanol–water partition coefficient (Wildman–Crippen LogP) is 1.77. The van der Waals surface area contributed by atoms with Crippen molar-refractivity contribution in [2.45, 2.75) is 40.0 Å². The normalized spacial score (nSPS) is 11.6. The standard InChI is InChI=1S/C12H27N3O/c1-4-9-14-12(13-5-2)15-10-7-8-11-16-6-3/h4-11H2,1-3H3,(H2,13,14,15). The molecule has 0 bridgehead atoms. The molecule has 0 saturated heterocycles. The number of nitrogens with zero attached hydrogens (tertiary/aromatic N) is 1. The maximum absolute atomic E-state index is 5.28. The number of ether oxygens (including phenoxy) is 1. The van der Waals surface area contributed by atoms with Gasteiger partial charge in [-0.05, 0) is 33.1 Å². The Labute approximate surface area is 99.9 Å². The highest BCUT2D eigenvalue weighted by Crippen LogP contribution is 1.88. The average Bonchev–Trinajstić information content (AvgIpc) is 2.30. The van der Waals surface area contributed by atoms with Crippen LogP contribution in [0.2, 0.25) is 0 Å². The zero-order chi connectivity index (χ0) is 12.1. The van der Waals surface area contributed by atoms with Gasteiger partial charge in [0.1, 0.15) is 0 Å². The van der Waals surface area contributed by atoms with E-state index in [-0.39, 0.29) is 0 Å². The van der Waals surface area contributed by atoms with Gasteiger partial charge in [-0.1, -0.05) is 6.92 Å². The molecule has 0 radical (unpaired) electrons. The van der Waals surface area contributed by atoms with Crippen LogP contribution in [0.3, 0.4) is 0 Å². The van der Waals surface area contributed by atoms with Crippen molar-refractivity contribution in [1.29, 1.82) is 0 Å². The summed E-state index contributed by atoms with van der Waals surface area (Å²) < 4.78 is 5.28. The minimum atomic E-state index is 0.814. The zero-order valence-electron chi connectivity index (χ0n) is 11.0. The van der Waals surface area contributed by atoms with Gasteiger partial charge in [0.25, 0.3) is 0 Å². The van der Waals surface area contributed by atoms with Crippen molar-refractivity contribution < 1.29 is 4.74 Å². The van der Waals surface area contributed by atoms with E-state index in [1.54, 1.807) is 0 Å². The van der Waals surface area contributed by atoms with E-state index in [1.807, 2.05) is 6.92 Å². The lowest BCUT2D eigenvalue weighted by Gasteiger charge is -2.10. The smallest absolute Gasteiger partial charge is 0.191 e. The fourth-order valence-corrected chi connectivity index (χ4v) is 1.25. The minimum Gasteiger partial charge on any atom is -0.382 e. The molecule has 0 atom stereocenters. The highest BCUT2D eigenvalue weighted by atomic mass is 16.5. The lowest BCUT2D eigenvalue weighted by molar-refractivity contribution is 0.143. The Morgan fingerprint density at radius 3 is 2.56 bits per heavy atom. The Hall–Kier alpha value is -0.770. The van der Waals surface area contributed by atoms with Crippen LogP contribution in [0, 0.1) is 0 Å². The van der Waals surface area contributed by atoms with Crippen molar-refractivity contribution in [3.63, 3.8) is 0 Å². The molecule has 4 heteroatoms. The summed E-state index contributed by atoms with van der Waals surface area (Å²) in [5, 5.41) is 6.54. The van der Waals surface area contributed by atoms with E-state index in [2.05, 4.69) is 29.5 Å². The fraction of sp³-hybridized carbons (Fsp3) is 0.917. The molecule has 16 heavy (non-hydrogen) atoms. The van der Waals surface area contributed by atoms with Gasteiger partial charge in [0.15, 0.2) is 5.96 Å². The van der Waals surface area contributed by atoms with Crippen LogP contribution in [-0.4, -0.2) is 38.8 Å². The molecule has 0 aromatic heterocycles.